The fourth-order valence-corrected chi connectivity index (χ4v) is 5.60. The fourth-order valence-electron chi connectivity index (χ4n) is 4.34. The molecule has 2 aliphatic heterocycles. The number of ether oxygens (including phenoxy) is 2. The van der Waals surface area contributed by atoms with Crippen molar-refractivity contribution in [3.05, 3.63) is 88.9 Å². The van der Waals surface area contributed by atoms with Gasteiger partial charge in [0.1, 0.15) is 16.7 Å². The minimum Gasteiger partial charge on any atom is -0.497 e. The van der Waals surface area contributed by atoms with E-state index < -0.39 is 5.25 Å². The van der Waals surface area contributed by atoms with E-state index in [0.717, 1.165) is 22.6 Å². The quantitative estimate of drug-likeness (QED) is 0.417. The van der Waals surface area contributed by atoms with Gasteiger partial charge in [-0.2, -0.15) is 10.1 Å². The van der Waals surface area contributed by atoms with Crippen molar-refractivity contribution in [3.8, 4) is 11.5 Å². The molecule has 0 saturated heterocycles. The highest BCUT2D eigenvalue weighted by Crippen LogP contribution is 2.39. The van der Waals surface area contributed by atoms with Crippen molar-refractivity contribution in [2.24, 2.45) is 10.1 Å². The number of amidine groups is 1. The number of thioether (sulfide) groups is 1. The minimum atomic E-state index is -0.653. The Morgan fingerprint density at radius 1 is 1.08 bits per heavy atom. The number of hydrogen-bond acceptors (Lipinski definition) is 7. The number of hydrazone groups is 1. The van der Waals surface area contributed by atoms with Gasteiger partial charge in [-0.3, -0.25) is 9.59 Å². The number of amides is 2. The Labute approximate surface area is 229 Å². The molecule has 10 heteroatoms. The average Bonchev–Trinajstić information content (AvgIpc) is 3.53. The molecule has 2 aliphatic rings. The monoisotopic (exact) mass is 548 g/mol. The van der Waals surface area contributed by atoms with Crippen molar-refractivity contribution in [2.45, 2.75) is 24.1 Å². The molecule has 2 amide bonds. The van der Waals surface area contributed by atoms with Crippen molar-refractivity contribution in [1.29, 1.82) is 0 Å². The summed E-state index contributed by atoms with van der Waals surface area (Å²) in [5, 5.41) is 9.88. The largest absolute Gasteiger partial charge is 0.497 e. The first kappa shape index (κ1) is 25.8. The first-order valence-electron chi connectivity index (χ1n) is 11.9. The van der Waals surface area contributed by atoms with Crippen molar-refractivity contribution in [2.75, 3.05) is 19.5 Å². The van der Waals surface area contributed by atoms with E-state index in [1.807, 2.05) is 54.6 Å². The van der Waals surface area contributed by atoms with Crippen LogP contribution in [0.25, 0.3) is 0 Å². The van der Waals surface area contributed by atoms with Crippen LogP contribution in [0.1, 0.15) is 30.0 Å². The Hall–Kier alpha value is -3.82. The Morgan fingerprint density at radius 2 is 1.87 bits per heavy atom. The number of rotatable bonds is 7. The second-order valence-corrected chi connectivity index (χ2v) is 10.3. The highest BCUT2D eigenvalue weighted by Gasteiger charge is 2.39. The number of nitrogens with one attached hydrogen (secondary N) is 1. The first-order valence-corrected chi connectivity index (χ1v) is 13.2. The summed E-state index contributed by atoms with van der Waals surface area (Å²) in [4.78, 5) is 29.9. The van der Waals surface area contributed by atoms with Crippen LogP contribution in [0, 0.1) is 0 Å². The molecular formula is C28H25ClN4O4S. The lowest BCUT2D eigenvalue weighted by Crippen LogP contribution is -2.25. The highest BCUT2D eigenvalue weighted by molar-refractivity contribution is 8.15. The molecule has 0 saturated carbocycles. The van der Waals surface area contributed by atoms with Gasteiger partial charge in [0.15, 0.2) is 5.17 Å². The van der Waals surface area contributed by atoms with E-state index in [-0.39, 0.29) is 24.3 Å². The van der Waals surface area contributed by atoms with Crippen LogP contribution in [0.4, 0.5) is 5.69 Å². The molecule has 194 valence electrons. The lowest BCUT2D eigenvalue weighted by atomic mass is 9.98. The summed E-state index contributed by atoms with van der Waals surface area (Å²) in [6.45, 7) is 0. The van der Waals surface area contributed by atoms with Gasteiger partial charge in [0.2, 0.25) is 5.91 Å². The normalized spacial score (nSPS) is 18.7. The van der Waals surface area contributed by atoms with Crippen LogP contribution < -0.4 is 14.8 Å². The van der Waals surface area contributed by atoms with Crippen LogP contribution in [0.3, 0.4) is 0 Å². The van der Waals surface area contributed by atoms with Crippen molar-refractivity contribution >= 4 is 51.7 Å². The Morgan fingerprint density at radius 3 is 2.61 bits per heavy atom. The van der Waals surface area contributed by atoms with E-state index in [9.17, 15) is 9.59 Å². The molecule has 0 aliphatic carbocycles. The smallest absolute Gasteiger partial charge is 0.262 e. The number of carbonyl (C=O) groups is 2. The number of hydrogen-bond donors (Lipinski definition) is 1. The number of halogens is 1. The van der Waals surface area contributed by atoms with Crippen LogP contribution in [0.5, 0.6) is 11.5 Å². The molecule has 8 nitrogen and oxygen atoms in total. The molecule has 0 radical (unpaired) electrons. The Balaban J connectivity index is 1.36. The maximum Gasteiger partial charge on any atom is 0.262 e. The van der Waals surface area contributed by atoms with Gasteiger partial charge in [-0.25, -0.2) is 5.01 Å². The Bertz CT molecular complexity index is 1430. The maximum atomic E-state index is 12.8. The third kappa shape index (κ3) is 5.54. The van der Waals surface area contributed by atoms with Gasteiger partial charge >= 0.3 is 0 Å². The SMILES string of the molecule is COc1ccc(C2=NN(C3=NC(=O)[C@@H](CC(=O)Nc4ccccc4OC)S3)[C@H](c3cccc(Cl)c3)C2)cc1. The van der Waals surface area contributed by atoms with Crippen molar-refractivity contribution in [1.82, 2.24) is 5.01 Å². The van der Waals surface area contributed by atoms with E-state index in [1.165, 1.54) is 18.9 Å². The summed E-state index contributed by atoms with van der Waals surface area (Å²) in [5.41, 5.74) is 3.30. The third-order valence-electron chi connectivity index (χ3n) is 6.24. The molecule has 2 heterocycles. The molecule has 3 aromatic carbocycles. The van der Waals surface area contributed by atoms with Crippen molar-refractivity contribution < 1.29 is 19.1 Å². The number of aliphatic imine (C=N–C) groups is 1. The zero-order valence-electron chi connectivity index (χ0n) is 20.8. The summed E-state index contributed by atoms with van der Waals surface area (Å²) >= 11 is 7.54. The second kappa shape index (κ2) is 11.3. The minimum absolute atomic E-state index is 0.0285. The number of anilines is 1. The molecule has 0 spiro atoms. The first-order chi connectivity index (χ1) is 18.4. The lowest BCUT2D eigenvalue weighted by molar-refractivity contribution is -0.121. The van der Waals surface area contributed by atoms with Gasteiger partial charge in [0.25, 0.3) is 5.91 Å². The predicted molar refractivity (Wildman–Crippen MR) is 150 cm³/mol. The Kier molecular flexibility index (Phi) is 7.67. The van der Waals surface area contributed by atoms with Crippen LogP contribution in [0.2, 0.25) is 5.02 Å². The van der Waals surface area contributed by atoms with Crippen LogP contribution in [-0.2, 0) is 9.59 Å². The second-order valence-electron chi connectivity index (χ2n) is 8.69. The summed E-state index contributed by atoms with van der Waals surface area (Å²) in [7, 11) is 3.16. The van der Waals surface area contributed by atoms with E-state index >= 15 is 0 Å². The molecule has 0 unspecified atom stereocenters. The van der Waals surface area contributed by atoms with Gasteiger partial charge in [-0.15, -0.1) is 0 Å². The van der Waals surface area contributed by atoms with Gasteiger partial charge in [-0.1, -0.05) is 47.6 Å². The summed E-state index contributed by atoms with van der Waals surface area (Å²) < 4.78 is 10.6. The van der Waals surface area contributed by atoms with E-state index in [4.69, 9.17) is 26.2 Å². The average molecular weight is 549 g/mol. The predicted octanol–water partition coefficient (Wildman–Crippen LogP) is 5.54. The van der Waals surface area contributed by atoms with E-state index in [0.29, 0.717) is 28.0 Å². The zero-order chi connectivity index (χ0) is 26.6. The molecule has 0 aromatic heterocycles. The van der Waals surface area contributed by atoms with Gasteiger partial charge in [0, 0.05) is 17.9 Å². The lowest BCUT2D eigenvalue weighted by Gasteiger charge is -2.23. The summed E-state index contributed by atoms with van der Waals surface area (Å²) in [6, 6.07) is 22.2. The van der Waals surface area contributed by atoms with Crippen LogP contribution >= 0.6 is 23.4 Å². The standard InChI is InChI=1S/C28H25ClN4O4S/c1-36-20-12-10-17(11-13-20)22-15-23(18-6-5-7-19(29)14-18)33(32-22)28-31-27(35)25(38-28)16-26(34)30-21-8-3-4-9-24(21)37-2/h3-14,23,25H,15-16H2,1-2H3,(H,30,34)/t23-,25+/m0/s1. The topological polar surface area (TPSA) is 92.6 Å². The summed E-state index contributed by atoms with van der Waals surface area (Å²) in [5.74, 6) is 0.640. The van der Waals surface area contributed by atoms with Gasteiger partial charge in [-0.05, 0) is 59.7 Å². The van der Waals surface area contributed by atoms with Crippen molar-refractivity contribution in [3.63, 3.8) is 0 Å². The maximum absolute atomic E-state index is 12.8. The number of nitrogens with zero attached hydrogens (tertiary/aromatic N) is 3. The molecule has 0 bridgehead atoms. The molecule has 2 atom stereocenters. The highest BCUT2D eigenvalue weighted by atomic mass is 35.5. The number of carbonyl (C=O) groups excluding carboxylic acids is 2. The fraction of sp³-hybridized carbons (Fsp3) is 0.214. The van der Waals surface area contributed by atoms with E-state index in [2.05, 4.69) is 10.3 Å². The number of para-hydroxylation sites is 2. The number of methoxy groups -OCH3 is 2. The summed E-state index contributed by atoms with van der Waals surface area (Å²) in [6.07, 6.45) is 0.568. The molecule has 5 rings (SSSR count). The van der Waals surface area contributed by atoms with Gasteiger partial charge in [0.05, 0.1) is 31.7 Å². The number of benzene rings is 3. The molecule has 0 fully saturated rings. The third-order valence-corrected chi connectivity index (χ3v) is 7.62. The molecule has 38 heavy (non-hydrogen) atoms. The molecule has 3 aromatic rings. The van der Waals surface area contributed by atoms with Gasteiger partial charge < -0.3 is 14.8 Å². The van der Waals surface area contributed by atoms with Crippen LogP contribution in [-0.4, -0.2) is 47.2 Å². The zero-order valence-corrected chi connectivity index (χ0v) is 22.3. The van der Waals surface area contributed by atoms with Crippen LogP contribution in [0.15, 0.2) is 82.9 Å². The van der Waals surface area contributed by atoms with E-state index in [1.54, 1.807) is 30.3 Å². The molecular weight excluding hydrogens is 524 g/mol. The molecule has 1 N–H and O–H groups in total.